The standard InChI is InChI=1S/C18H22N2O2S/c1-18(2,3)14-9-6-13(7-10-14)8-11-16(21)19-20-17(22)15-5-4-12-23-15/h4-7,9-10,12H,8,11H2,1-3H3,(H,19,21)(H,20,22). The monoisotopic (exact) mass is 330 g/mol. The second-order valence-corrected chi connectivity index (χ2v) is 7.37. The Morgan fingerprint density at radius 3 is 2.30 bits per heavy atom. The number of amides is 2. The lowest BCUT2D eigenvalue weighted by Gasteiger charge is -2.19. The fraction of sp³-hybridized carbons (Fsp3) is 0.333. The molecule has 2 amide bonds. The second kappa shape index (κ2) is 7.42. The summed E-state index contributed by atoms with van der Waals surface area (Å²) in [6, 6.07) is 11.8. The number of carbonyl (C=O) groups excluding carboxylic acids is 2. The minimum Gasteiger partial charge on any atom is -0.273 e. The summed E-state index contributed by atoms with van der Waals surface area (Å²) in [4.78, 5) is 24.1. The summed E-state index contributed by atoms with van der Waals surface area (Å²) >= 11 is 1.33. The molecule has 0 saturated carbocycles. The van der Waals surface area contributed by atoms with Crippen molar-refractivity contribution < 1.29 is 9.59 Å². The maximum absolute atomic E-state index is 11.8. The van der Waals surface area contributed by atoms with Crippen LogP contribution in [0.2, 0.25) is 0 Å². The molecule has 0 aliphatic heterocycles. The van der Waals surface area contributed by atoms with Gasteiger partial charge in [0.2, 0.25) is 5.91 Å². The van der Waals surface area contributed by atoms with E-state index in [0.717, 1.165) is 5.56 Å². The van der Waals surface area contributed by atoms with Gasteiger partial charge >= 0.3 is 0 Å². The maximum atomic E-state index is 11.8. The van der Waals surface area contributed by atoms with Crippen molar-refractivity contribution in [3.05, 3.63) is 57.8 Å². The van der Waals surface area contributed by atoms with E-state index in [0.29, 0.717) is 17.7 Å². The van der Waals surface area contributed by atoms with E-state index >= 15 is 0 Å². The van der Waals surface area contributed by atoms with Gasteiger partial charge in [-0.15, -0.1) is 11.3 Å². The number of rotatable bonds is 4. The predicted octanol–water partition coefficient (Wildman–Crippen LogP) is 3.44. The molecule has 0 atom stereocenters. The third kappa shape index (κ3) is 5.21. The van der Waals surface area contributed by atoms with Crippen LogP contribution >= 0.6 is 11.3 Å². The average Bonchev–Trinajstić information content (AvgIpc) is 3.04. The largest absolute Gasteiger partial charge is 0.279 e. The van der Waals surface area contributed by atoms with Crippen molar-refractivity contribution in [2.24, 2.45) is 0 Å². The van der Waals surface area contributed by atoms with Crippen molar-refractivity contribution in [1.29, 1.82) is 0 Å². The molecule has 2 rings (SSSR count). The Labute approximate surface area is 140 Å². The summed E-state index contributed by atoms with van der Waals surface area (Å²) in [6.07, 6.45) is 0.977. The summed E-state index contributed by atoms with van der Waals surface area (Å²) in [5.41, 5.74) is 7.37. The van der Waals surface area contributed by atoms with Crippen molar-refractivity contribution in [2.75, 3.05) is 0 Å². The van der Waals surface area contributed by atoms with E-state index in [9.17, 15) is 9.59 Å². The van der Waals surface area contributed by atoms with E-state index in [1.807, 2.05) is 5.38 Å². The molecule has 5 heteroatoms. The first-order valence-electron chi connectivity index (χ1n) is 7.58. The average molecular weight is 330 g/mol. The van der Waals surface area contributed by atoms with Gasteiger partial charge in [-0.05, 0) is 34.4 Å². The minimum atomic E-state index is -0.289. The lowest BCUT2D eigenvalue weighted by atomic mass is 9.86. The summed E-state index contributed by atoms with van der Waals surface area (Å²) in [7, 11) is 0. The van der Waals surface area contributed by atoms with Crippen LogP contribution in [0.25, 0.3) is 0 Å². The number of carbonyl (C=O) groups is 2. The number of thiophene rings is 1. The van der Waals surface area contributed by atoms with Crippen LogP contribution < -0.4 is 10.9 Å². The molecule has 122 valence electrons. The van der Waals surface area contributed by atoms with Crippen molar-refractivity contribution in [1.82, 2.24) is 10.9 Å². The third-order valence-corrected chi connectivity index (χ3v) is 4.39. The Kier molecular flexibility index (Phi) is 5.55. The van der Waals surface area contributed by atoms with Gasteiger partial charge in [0.1, 0.15) is 0 Å². The lowest BCUT2D eigenvalue weighted by Crippen LogP contribution is -2.41. The highest BCUT2D eigenvalue weighted by Gasteiger charge is 2.13. The van der Waals surface area contributed by atoms with Gasteiger partial charge in [-0.2, -0.15) is 0 Å². The summed E-state index contributed by atoms with van der Waals surface area (Å²) < 4.78 is 0. The molecule has 1 aromatic heterocycles. The van der Waals surface area contributed by atoms with Crippen molar-refractivity contribution in [2.45, 2.75) is 39.0 Å². The molecule has 0 fully saturated rings. The molecule has 4 nitrogen and oxygen atoms in total. The maximum Gasteiger partial charge on any atom is 0.279 e. The van der Waals surface area contributed by atoms with Crippen LogP contribution in [0.5, 0.6) is 0 Å². The van der Waals surface area contributed by atoms with Crippen LogP contribution in [0.3, 0.4) is 0 Å². The number of aryl methyl sites for hydroxylation is 1. The van der Waals surface area contributed by atoms with Crippen LogP contribution in [-0.2, 0) is 16.6 Å². The van der Waals surface area contributed by atoms with E-state index in [1.165, 1.54) is 16.9 Å². The van der Waals surface area contributed by atoms with E-state index in [1.54, 1.807) is 12.1 Å². The molecule has 0 radical (unpaired) electrons. The number of hydrazine groups is 1. The Hall–Kier alpha value is -2.14. The van der Waals surface area contributed by atoms with Crippen LogP contribution in [0, 0.1) is 0 Å². The zero-order valence-corrected chi connectivity index (χ0v) is 14.5. The molecule has 0 saturated heterocycles. The second-order valence-electron chi connectivity index (χ2n) is 6.43. The zero-order valence-electron chi connectivity index (χ0n) is 13.7. The first kappa shape index (κ1) is 17.2. The van der Waals surface area contributed by atoms with Gasteiger partial charge < -0.3 is 0 Å². The van der Waals surface area contributed by atoms with Gasteiger partial charge in [-0.3, -0.25) is 20.4 Å². The Morgan fingerprint density at radius 1 is 1.04 bits per heavy atom. The quantitative estimate of drug-likeness (QED) is 0.844. The Morgan fingerprint density at radius 2 is 1.74 bits per heavy atom. The fourth-order valence-corrected chi connectivity index (χ4v) is 2.71. The molecule has 2 aromatic rings. The summed E-state index contributed by atoms with van der Waals surface area (Å²) in [5, 5.41) is 1.82. The van der Waals surface area contributed by atoms with Gasteiger partial charge in [0.05, 0.1) is 4.88 Å². The zero-order chi connectivity index (χ0) is 16.9. The Bertz CT molecular complexity index is 655. The molecule has 1 aromatic carbocycles. The van der Waals surface area contributed by atoms with Gasteiger partial charge in [-0.1, -0.05) is 51.1 Å². The Balaban J connectivity index is 1.77. The highest BCUT2D eigenvalue weighted by atomic mass is 32.1. The SMILES string of the molecule is CC(C)(C)c1ccc(CCC(=O)NNC(=O)c2cccs2)cc1. The normalized spacial score (nSPS) is 11.1. The molecular formula is C18H22N2O2S. The van der Waals surface area contributed by atoms with Crippen molar-refractivity contribution >= 4 is 23.2 Å². The van der Waals surface area contributed by atoms with E-state index in [4.69, 9.17) is 0 Å². The lowest BCUT2D eigenvalue weighted by molar-refractivity contribution is -0.121. The molecule has 0 bridgehead atoms. The molecule has 2 N–H and O–H groups in total. The number of hydrogen-bond acceptors (Lipinski definition) is 3. The highest BCUT2D eigenvalue weighted by molar-refractivity contribution is 7.12. The topological polar surface area (TPSA) is 58.2 Å². The van der Waals surface area contributed by atoms with Gasteiger partial charge in [0.25, 0.3) is 5.91 Å². The van der Waals surface area contributed by atoms with Crippen LogP contribution in [0.1, 0.15) is 48.0 Å². The van der Waals surface area contributed by atoms with Crippen LogP contribution in [0.4, 0.5) is 0 Å². The predicted molar refractivity (Wildman–Crippen MR) is 93.4 cm³/mol. The van der Waals surface area contributed by atoms with E-state index < -0.39 is 0 Å². The van der Waals surface area contributed by atoms with E-state index in [2.05, 4.69) is 55.9 Å². The first-order chi connectivity index (χ1) is 10.9. The van der Waals surface area contributed by atoms with E-state index in [-0.39, 0.29) is 17.2 Å². The molecule has 0 aliphatic rings. The number of benzene rings is 1. The van der Waals surface area contributed by atoms with Crippen molar-refractivity contribution in [3.63, 3.8) is 0 Å². The third-order valence-electron chi connectivity index (χ3n) is 3.52. The first-order valence-corrected chi connectivity index (χ1v) is 8.46. The molecule has 1 heterocycles. The van der Waals surface area contributed by atoms with Crippen LogP contribution in [-0.4, -0.2) is 11.8 Å². The summed E-state index contributed by atoms with van der Waals surface area (Å²) in [5.74, 6) is -0.488. The minimum absolute atomic E-state index is 0.127. The molecule has 23 heavy (non-hydrogen) atoms. The van der Waals surface area contributed by atoms with Crippen LogP contribution in [0.15, 0.2) is 41.8 Å². The van der Waals surface area contributed by atoms with Gasteiger partial charge in [0, 0.05) is 6.42 Å². The van der Waals surface area contributed by atoms with Crippen molar-refractivity contribution in [3.8, 4) is 0 Å². The smallest absolute Gasteiger partial charge is 0.273 e. The van der Waals surface area contributed by atoms with Gasteiger partial charge in [0.15, 0.2) is 0 Å². The molecule has 0 spiro atoms. The highest BCUT2D eigenvalue weighted by Crippen LogP contribution is 2.22. The number of nitrogens with one attached hydrogen (secondary N) is 2. The molecule has 0 unspecified atom stereocenters. The molecular weight excluding hydrogens is 308 g/mol. The fourth-order valence-electron chi connectivity index (χ4n) is 2.09. The van der Waals surface area contributed by atoms with Gasteiger partial charge in [-0.25, -0.2) is 0 Å². The summed E-state index contributed by atoms with van der Waals surface area (Å²) in [6.45, 7) is 6.52. The molecule has 0 aliphatic carbocycles. The number of hydrogen-bond donors (Lipinski definition) is 2.